The van der Waals surface area contributed by atoms with Gasteiger partial charge in [0.2, 0.25) is 11.8 Å². The fraction of sp³-hybridized carbons (Fsp3) is 0.533. The van der Waals surface area contributed by atoms with E-state index < -0.39 is 7.15 Å². The summed E-state index contributed by atoms with van der Waals surface area (Å²) in [6.45, 7) is 19.3. The molecule has 1 N–H and O–H groups in total. The lowest BCUT2D eigenvalue weighted by molar-refractivity contribution is -0.116. The third-order valence-electron chi connectivity index (χ3n) is 8.03. The van der Waals surface area contributed by atoms with Crippen molar-refractivity contribution in [3.63, 3.8) is 0 Å². The standard InChI is InChI=1S/C15H22BNO3.C14H20BNO3.CH3F/c1-11(18)17(6)13-9-7-12(8-10-13)16-19-14(2,3)15(4,5)20-16;1-10(17)16-12-8-6-11(7-9-12)15-18-13(2,3)14(4,5)19-15;1-2/h7-10H,1-6H3;6-9H,1-5H3,(H,16,17);1H3/i;;1D. The van der Waals surface area contributed by atoms with Crippen LogP contribution < -0.4 is 21.1 Å². The number of nitrogens with zero attached hydrogens (tertiary/aromatic N) is 1. The lowest BCUT2D eigenvalue weighted by Gasteiger charge is -2.32. The third-order valence-corrected chi connectivity index (χ3v) is 8.03. The predicted molar refractivity (Wildman–Crippen MR) is 165 cm³/mol. The molecule has 2 heterocycles. The van der Waals surface area contributed by atoms with Crippen LogP contribution in [-0.4, -0.2) is 62.7 Å². The van der Waals surface area contributed by atoms with Crippen LogP contribution in [0, 0.1) is 0 Å². The van der Waals surface area contributed by atoms with E-state index in [2.05, 4.69) is 5.32 Å². The predicted octanol–water partition coefficient (Wildman–Crippen LogP) is 4.50. The van der Waals surface area contributed by atoms with E-state index in [1.165, 1.54) is 6.92 Å². The maximum absolute atomic E-state index is 11.3. The van der Waals surface area contributed by atoms with E-state index in [9.17, 15) is 14.0 Å². The molecule has 2 aromatic carbocycles. The number of hydrogen-bond acceptors (Lipinski definition) is 6. The van der Waals surface area contributed by atoms with Gasteiger partial charge < -0.3 is 28.8 Å². The zero-order valence-electron chi connectivity index (χ0n) is 27.3. The highest BCUT2D eigenvalue weighted by atomic mass is 19.1. The fourth-order valence-electron chi connectivity index (χ4n) is 3.92. The molecule has 2 aromatic rings. The van der Waals surface area contributed by atoms with Crippen molar-refractivity contribution in [2.24, 2.45) is 0 Å². The summed E-state index contributed by atoms with van der Waals surface area (Å²) in [4.78, 5) is 23.9. The number of hydrogen-bond donors (Lipinski definition) is 1. The summed E-state index contributed by atoms with van der Waals surface area (Å²) in [6.07, 6.45) is 0. The van der Waals surface area contributed by atoms with Gasteiger partial charge in [0.1, 0.15) is 0 Å². The summed E-state index contributed by atoms with van der Waals surface area (Å²) >= 11 is 0. The molecule has 2 fully saturated rings. The number of rotatable bonds is 4. The van der Waals surface area contributed by atoms with Gasteiger partial charge in [0.15, 0.2) is 0 Å². The Morgan fingerprint density at radius 1 is 0.732 bits per heavy atom. The minimum absolute atomic E-state index is 0.00776. The summed E-state index contributed by atoms with van der Waals surface area (Å²) in [5.41, 5.74) is 2.18. The SMILES string of the molecule is CC(=O)N(C)c1ccc(B2OC(C)(C)C(C)(C)O2)cc1.CC(=O)Nc1ccc(B2OC(C)(C)C(C)(C)O2)cc1.[2H]CF. The number of nitrogens with one attached hydrogen (secondary N) is 1. The molecule has 0 radical (unpaired) electrons. The summed E-state index contributed by atoms with van der Waals surface area (Å²) in [5, 5.41) is 2.73. The van der Waals surface area contributed by atoms with E-state index in [4.69, 9.17) is 20.0 Å². The number of anilines is 2. The van der Waals surface area contributed by atoms with Gasteiger partial charge in [-0.3, -0.25) is 14.0 Å². The summed E-state index contributed by atoms with van der Waals surface area (Å²) in [6, 6.07) is 15.2. The van der Waals surface area contributed by atoms with Crippen LogP contribution in [0.25, 0.3) is 0 Å². The van der Waals surface area contributed by atoms with Crippen molar-refractivity contribution in [2.45, 2.75) is 91.6 Å². The Bertz CT molecular complexity index is 1180. The average Bonchev–Trinajstić information content (AvgIpc) is 3.24. The van der Waals surface area contributed by atoms with Crippen LogP contribution >= 0.6 is 0 Å². The number of amides is 2. The molecule has 0 unspecified atom stereocenters. The Labute approximate surface area is 247 Å². The first-order valence-corrected chi connectivity index (χ1v) is 13.5. The lowest BCUT2D eigenvalue weighted by Crippen LogP contribution is -2.41. The molecule has 2 aliphatic heterocycles. The summed E-state index contributed by atoms with van der Waals surface area (Å²) in [5.74, 6) is -0.0724. The maximum Gasteiger partial charge on any atom is 0.494 e. The second kappa shape index (κ2) is 13.1. The Morgan fingerprint density at radius 2 is 1.05 bits per heavy atom. The van der Waals surface area contributed by atoms with Gasteiger partial charge in [-0.2, -0.15) is 0 Å². The smallest absolute Gasteiger partial charge is 0.399 e. The van der Waals surface area contributed by atoms with Crippen molar-refractivity contribution in [1.82, 2.24) is 0 Å². The summed E-state index contributed by atoms with van der Waals surface area (Å²) < 4.78 is 39.4. The van der Waals surface area contributed by atoms with Crippen LogP contribution in [0.4, 0.5) is 15.8 Å². The lowest BCUT2D eigenvalue weighted by atomic mass is 9.79. The van der Waals surface area contributed by atoms with Crippen molar-refractivity contribution in [3.8, 4) is 0 Å². The van der Waals surface area contributed by atoms with Crippen molar-refractivity contribution in [3.05, 3.63) is 48.5 Å². The molecule has 2 saturated heterocycles. The van der Waals surface area contributed by atoms with E-state index in [-0.39, 0.29) is 48.5 Å². The highest BCUT2D eigenvalue weighted by molar-refractivity contribution is 6.62. The number of alkyl halides is 1. The molecule has 4 rings (SSSR count). The molecule has 224 valence electrons. The molecule has 2 amide bonds. The topological polar surface area (TPSA) is 86.3 Å². The monoisotopic (exact) mass is 571 g/mol. The molecule has 0 atom stereocenters. The molecule has 0 aromatic heterocycles. The Hall–Kier alpha value is -2.72. The van der Waals surface area contributed by atoms with Gasteiger partial charge in [0.05, 0.1) is 30.9 Å². The van der Waals surface area contributed by atoms with Crippen molar-refractivity contribution >= 4 is 48.4 Å². The average molecular weight is 571 g/mol. The van der Waals surface area contributed by atoms with Gasteiger partial charge in [-0.15, -0.1) is 0 Å². The molecular formula is C30H45B2FN2O6. The number of carbonyl (C=O) groups excluding carboxylic acids is 2. The number of carbonyl (C=O) groups is 2. The normalized spacial score (nSPS) is 19.7. The first-order chi connectivity index (χ1) is 19.3. The van der Waals surface area contributed by atoms with Gasteiger partial charge in [0, 0.05) is 32.3 Å². The fourth-order valence-corrected chi connectivity index (χ4v) is 3.92. The highest BCUT2D eigenvalue weighted by Crippen LogP contribution is 2.37. The van der Waals surface area contributed by atoms with Gasteiger partial charge in [-0.25, -0.2) is 0 Å². The Morgan fingerprint density at radius 3 is 1.34 bits per heavy atom. The van der Waals surface area contributed by atoms with Gasteiger partial charge in [-0.05, 0) is 90.6 Å². The maximum atomic E-state index is 11.3. The zero-order valence-corrected chi connectivity index (χ0v) is 26.3. The second-order valence-electron chi connectivity index (χ2n) is 12.1. The van der Waals surface area contributed by atoms with E-state index in [0.717, 1.165) is 22.3 Å². The minimum Gasteiger partial charge on any atom is -0.399 e. The third kappa shape index (κ3) is 8.19. The Kier molecular flexibility index (Phi) is 10.5. The van der Waals surface area contributed by atoms with Gasteiger partial charge >= 0.3 is 14.2 Å². The van der Waals surface area contributed by atoms with Crippen molar-refractivity contribution < 1.29 is 34.0 Å². The minimum atomic E-state index is -1.00. The first-order valence-electron chi connectivity index (χ1n) is 14.3. The van der Waals surface area contributed by atoms with Crippen LogP contribution in [0.2, 0.25) is 0 Å². The van der Waals surface area contributed by atoms with E-state index in [1.807, 2.05) is 104 Å². The van der Waals surface area contributed by atoms with Crippen LogP contribution in [0.3, 0.4) is 0 Å². The number of benzene rings is 2. The molecular weight excluding hydrogens is 525 g/mol. The van der Waals surface area contributed by atoms with Crippen molar-refractivity contribution in [2.75, 3.05) is 24.4 Å². The molecule has 0 spiro atoms. The van der Waals surface area contributed by atoms with E-state index in [0.29, 0.717) is 0 Å². The van der Waals surface area contributed by atoms with E-state index >= 15 is 0 Å². The van der Waals surface area contributed by atoms with Crippen LogP contribution in [-0.2, 0) is 28.2 Å². The molecule has 11 heteroatoms. The van der Waals surface area contributed by atoms with Crippen LogP contribution in [0.5, 0.6) is 0 Å². The van der Waals surface area contributed by atoms with Gasteiger partial charge in [-0.1, -0.05) is 24.3 Å². The van der Waals surface area contributed by atoms with Crippen LogP contribution in [0.15, 0.2) is 48.5 Å². The molecule has 2 aliphatic rings. The Balaban J connectivity index is 0.000000269. The highest BCUT2D eigenvalue weighted by Gasteiger charge is 2.52. The van der Waals surface area contributed by atoms with Crippen molar-refractivity contribution in [1.29, 1.82) is 0 Å². The summed E-state index contributed by atoms with van der Waals surface area (Å²) in [7, 11) is 0.0274. The largest absolute Gasteiger partial charge is 0.494 e. The quantitative estimate of drug-likeness (QED) is 0.545. The molecule has 41 heavy (non-hydrogen) atoms. The first kappa shape index (κ1) is 32.8. The van der Waals surface area contributed by atoms with Crippen LogP contribution in [0.1, 0.15) is 70.6 Å². The van der Waals surface area contributed by atoms with Gasteiger partial charge in [0.25, 0.3) is 0 Å². The van der Waals surface area contributed by atoms with E-state index in [1.54, 1.807) is 18.9 Å². The molecule has 0 saturated carbocycles. The number of halogens is 1. The molecule has 8 nitrogen and oxygen atoms in total. The molecule has 0 bridgehead atoms. The second-order valence-corrected chi connectivity index (χ2v) is 12.1. The molecule has 0 aliphatic carbocycles. The zero-order chi connectivity index (χ0) is 32.1.